The van der Waals surface area contributed by atoms with Gasteiger partial charge in [-0.2, -0.15) is 0 Å². The molecule has 1 unspecified atom stereocenters. The van der Waals surface area contributed by atoms with Crippen LogP contribution in [0.15, 0.2) is 39.4 Å². The highest BCUT2D eigenvalue weighted by Gasteiger charge is 2.22. The highest BCUT2D eigenvalue weighted by atomic mass is 32.2. The molecule has 0 saturated carbocycles. The first kappa shape index (κ1) is 18.4. The minimum atomic E-state index is -3.61. The lowest BCUT2D eigenvalue weighted by molar-refractivity contribution is -0.116. The summed E-state index contributed by atoms with van der Waals surface area (Å²) >= 11 is 3.21. The summed E-state index contributed by atoms with van der Waals surface area (Å²) in [5, 5.41) is 4.97. The zero-order valence-electron chi connectivity index (χ0n) is 14.0. The Kier molecular flexibility index (Phi) is 5.52. The molecule has 5 nitrogen and oxygen atoms in total. The van der Waals surface area contributed by atoms with Crippen LogP contribution in [0, 0.1) is 6.92 Å². The van der Waals surface area contributed by atoms with Crippen molar-refractivity contribution < 1.29 is 13.2 Å². The second-order valence-electron chi connectivity index (χ2n) is 6.01. The van der Waals surface area contributed by atoms with Gasteiger partial charge in [0.1, 0.15) is 0 Å². The number of nitrogens with one attached hydrogen (secondary N) is 2. The first-order chi connectivity index (χ1) is 11.8. The van der Waals surface area contributed by atoms with E-state index in [1.807, 2.05) is 25.3 Å². The van der Waals surface area contributed by atoms with Crippen LogP contribution in [0.1, 0.15) is 23.8 Å². The van der Waals surface area contributed by atoms with Crippen LogP contribution in [-0.4, -0.2) is 26.1 Å². The summed E-state index contributed by atoms with van der Waals surface area (Å²) in [5.41, 5.74) is 1.75. The average Bonchev–Trinajstić information content (AvgIpc) is 2.86. The van der Waals surface area contributed by atoms with Crippen molar-refractivity contribution >= 4 is 44.7 Å². The fraction of sp³-hybridized carbons (Fsp3) is 0.353. The third-order valence-electron chi connectivity index (χ3n) is 3.95. The topological polar surface area (TPSA) is 75.3 Å². The molecule has 25 heavy (non-hydrogen) atoms. The second-order valence-corrected chi connectivity index (χ2v) is 10.3. The Morgan fingerprint density at radius 1 is 1.32 bits per heavy atom. The number of fused-ring (bicyclic) bond motifs is 1. The van der Waals surface area contributed by atoms with Crippen LogP contribution in [0.4, 0.5) is 5.69 Å². The summed E-state index contributed by atoms with van der Waals surface area (Å²) < 4.78 is 27.7. The Morgan fingerprint density at radius 3 is 2.84 bits per heavy atom. The molecule has 0 spiro atoms. The maximum atomic E-state index is 12.5. The minimum absolute atomic E-state index is 0.0885. The molecular weight excluding hydrogens is 376 g/mol. The molecule has 0 bridgehead atoms. The molecule has 134 valence electrons. The van der Waals surface area contributed by atoms with Crippen molar-refractivity contribution in [2.75, 3.05) is 11.9 Å². The van der Waals surface area contributed by atoms with E-state index in [0.29, 0.717) is 25.1 Å². The number of hydrogen-bond acceptors (Lipinski definition) is 5. The van der Waals surface area contributed by atoms with Gasteiger partial charge in [-0.15, -0.1) is 23.1 Å². The number of carbonyl (C=O) groups is 1. The summed E-state index contributed by atoms with van der Waals surface area (Å²) in [6.07, 6.45) is 1.08. The van der Waals surface area contributed by atoms with Crippen molar-refractivity contribution in [3.05, 3.63) is 40.1 Å². The SMILES string of the molecule is Cc1ccsc1CCNS(=O)(=O)c1ccc2c(c1)NC(=O)CC(C)S2. The van der Waals surface area contributed by atoms with Gasteiger partial charge in [-0.3, -0.25) is 4.79 Å². The van der Waals surface area contributed by atoms with Crippen LogP contribution in [0.3, 0.4) is 0 Å². The molecule has 1 aromatic heterocycles. The van der Waals surface area contributed by atoms with Crippen molar-refractivity contribution in [1.29, 1.82) is 0 Å². The van der Waals surface area contributed by atoms with E-state index < -0.39 is 10.0 Å². The lowest BCUT2D eigenvalue weighted by Crippen LogP contribution is -2.26. The zero-order chi connectivity index (χ0) is 18.0. The van der Waals surface area contributed by atoms with E-state index in [1.165, 1.54) is 16.5 Å². The van der Waals surface area contributed by atoms with Gasteiger partial charge in [0.2, 0.25) is 15.9 Å². The molecule has 2 N–H and O–H groups in total. The molecule has 1 aliphatic rings. The van der Waals surface area contributed by atoms with E-state index in [-0.39, 0.29) is 16.1 Å². The van der Waals surface area contributed by atoms with Gasteiger partial charge >= 0.3 is 0 Å². The Bertz CT molecular complexity index is 890. The third-order valence-corrected chi connectivity index (χ3v) is 7.67. The summed E-state index contributed by atoms with van der Waals surface area (Å²) in [7, 11) is -3.61. The van der Waals surface area contributed by atoms with E-state index >= 15 is 0 Å². The summed E-state index contributed by atoms with van der Waals surface area (Å²) in [5.74, 6) is -0.0885. The maximum absolute atomic E-state index is 12.5. The lowest BCUT2D eigenvalue weighted by Gasteiger charge is -2.11. The van der Waals surface area contributed by atoms with Crippen molar-refractivity contribution in [2.45, 2.75) is 41.7 Å². The third kappa shape index (κ3) is 4.44. The molecule has 8 heteroatoms. The number of hydrogen-bond donors (Lipinski definition) is 2. The van der Waals surface area contributed by atoms with E-state index in [0.717, 1.165) is 4.90 Å². The van der Waals surface area contributed by atoms with E-state index in [4.69, 9.17) is 0 Å². The fourth-order valence-electron chi connectivity index (χ4n) is 2.64. The molecule has 1 amide bonds. The number of carbonyl (C=O) groups excluding carboxylic acids is 1. The van der Waals surface area contributed by atoms with Crippen molar-refractivity contribution in [1.82, 2.24) is 4.72 Å². The van der Waals surface area contributed by atoms with E-state index in [2.05, 4.69) is 10.0 Å². The van der Waals surface area contributed by atoms with Gasteiger partial charge in [-0.25, -0.2) is 13.1 Å². The number of sulfonamides is 1. The highest BCUT2D eigenvalue weighted by molar-refractivity contribution is 8.00. The number of thioether (sulfide) groups is 1. The van der Waals surface area contributed by atoms with Gasteiger partial charge in [-0.05, 0) is 48.6 Å². The molecule has 0 radical (unpaired) electrons. The fourth-order valence-corrected chi connectivity index (χ4v) is 5.66. The smallest absolute Gasteiger partial charge is 0.240 e. The van der Waals surface area contributed by atoms with Gasteiger partial charge in [0.15, 0.2) is 0 Å². The van der Waals surface area contributed by atoms with Crippen molar-refractivity contribution in [3.8, 4) is 0 Å². The molecule has 2 heterocycles. The predicted octanol–water partition coefficient (Wildman–Crippen LogP) is 3.40. The minimum Gasteiger partial charge on any atom is -0.325 e. The number of anilines is 1. The highest BCUT2D eigenvalue weighted by Crippen LogP contribution is 2.36. The normalized spacial score (nSPS) is 17.7. The van der Waals surface area contributed by atoms with Crippen LogP contribution in [-0.2, 0) is 21.2 Å². The van der Waals surface area contributed by atoms with E-state index in [9.17, 15) is 13.2 Å². The van der Waals surface area contributed by atoms with Crippen LogP contribution < -0.4 is 10.0 Å². The summed E-state index contributed by atoms with van der Waals surface area (Å²) in [6, 6.07) is 6.92. The Morgan fingerprint density at radius 2 is 2.12 bits per heavy atom. The van der Waals surface area contributed by atoms with Crippen molar-refractivity contribution in [2.24, 2.45) is 0 Å². The van der Waals surface area contributed by atoms with Gasteiger partial charge in [0, 0.05) is 28.0 Å². The van der Waals surface area contributed by atoms with Gasteiger partial charge in [0.05, 0.1) is 10.6 Å². The van der Waals surface area contributed by atoms with Crippen LogP contribution in [0.2, 0.25) is 0 Å². The Balaban J connectivity index is 1.74. The average molecular weight is 397 g/mol. The van der Waals surface area contributed by atoms with Crippen LogP contribution in [0.5, 0.6) is 0 Å². The van der Waals surface area contributed by atoms with Gasteiger partial charge in [-0.1, -0.05) is 6.92 Å². The number of aryl methyl sites for hydroxylation is 1. The number of benzene rings is 1. The zero-order valence-corrected chi connectivity index (χ0v) is 16.5. The van der Waals surface area contributed by atoms with Gasteiger partial charge in [0.25, 0.3) is 0 Å². The Labute approximate surface area is 156 Å². The standard InChI is InChI=1S/C17H20N2O3S3/c1-11-6-8-23-15(11)5-7-18-25(21,22)13-3-4-16-14(10-13)19-17(20)9-12(2)24-16/h3-4,6,8,10,12,18H,5,7,9H2,1-2H3,(H,19,20). The largest absolute Gasteiger partial charge is 0.325 e. The molecule has 0 fully saturated rings. The summed E-state index contributed by atoms with van der Waals surface area (Å²) in [4.78, 5) is 14.1. The van der Waals surface area contributed by atoms with Crippen LogP contribution in [0.25, 0.3) is 0 Å². The first-order valence-electron chi connectivity index (χ1n) is 7.98. The number of amides is 1. The molecule has 1 aromatic carbocycles. The summed E-state index contributed by atoms with van der Waals surface area (Å²) in [6.45, 7) is 4.35. The molecule has 0 aliphatic carbocycles. The van der Waals surface area contributed by atoms with Crippen LogP contribution >= 0.6 is 23.1 Å². The molecule has 3 rings (SSSR count). The first-order valence-corrected chi connectivity index (χ1v) is 11.2. The predicted molar refractivity (Wildman–Crippen MR) is 103 cm³/mol. The molecular formula is C17H20N2O3S3. The second kappa shape index (κ2) is 7.49. The number of rotatable bonds is 5. The van der Waals surface area contributed by atoms with E-state index in [1.54, 1.807) is 35.2 Å². The lowest BCUT2D eigenvalue weighted by atomic mass is 10.2. The molecule has 1 aliphatic heterocycles. The van der Waals surface area contributed by atoms with Gasteiger partial charge < -0.3 is 5.32 Å². The molecule has 1 atom stereocenters. The maximum Gasteiger partial charge on any atom is 0.240 e. The molecule has 2 aromatic rings. The quantitative estimate of drug-likeness (QED) is 0.812. The van der Waals surface area contributed by atoms with Crippen molar-refractivity contribution in [3.63, 3.8) is 0 Å². The molecule has 0 saturated heterocycles. The Hall–Kier alpha value is -1.35. The monoisotopic (exact) mass is 396 g/mol. The number of thiophene rings is 1.